The molecular formula is C20H18F3N3O3. The van der Waals surface area contributed by atoms with Gasteiger partial charge < -0.3 is 14.2 Å². The Labute approximate surface area is 164 Å². The predicted octanol–water partition coefficient (Wildman–Crippen LogP) is 4.07. The Hall–Kier alpha value is -3.36. The van der Waals surface area contributed by atoms with Gasteiger partial charge in [0.25, 0.3) is 0 Å². The molecule has 0 unspecified atom stereocenters. The number of rotatable bonds is 8. The van der Waals surface area contributed by atoms with Gasteiger partial charge in [-0.05, 0) is 42.0 Å². The van der Waals surface area contributed by atoms with Crippen LogP contribution in [0.25, 0.3) is 11.4 Å². The number of halogens is 3. The number of amides is 1. The van der Waals surface area contributed by atoms with Gasteiger partial charge in [-0.15, -0.1) is 0 Å². The molecular weight excluding hydrogens is 387 g/mol. The number of alkyl halides is 2. The quantitative estimate of drug-likeness (QED) is 0.565. The van der Waals surface area contributed by atoms with E-state index in [0.717, 1.165) is 5.56 Å². The maximum absolute atomic E-state index is 13.0. The van der Waals surface area contributed by atoms with E-state index in [-0.39, 0.29) is 30.3 Å². The largest absolute Gasteiger partial charge is 0.435 e. The first-order valence-corrected chi connectivity index (χ1v) is 8.77. The van der Waals surface area contributed by atoms with E-state index in [9.17, 15) is 18.0 Å². The molecule has 0 aliphatic rings. The number of aryl methyl sites for hydroxylation is 1. The van der Waals surface area contributed by atoms with Crippen LogP contribution in [0.5, 0.6) is 5.75 Å². The number of benzene rings is 2. The summed E-state index contributed by atoms with van der Waals surface area (Å²) in [5, 5.41) is 3.84. The molecule has 6 nitrogen and oxygen atoms in total. The van der Waals surface area contributed by atoms with Crippen molar-refractivity contribution < 1.29 is 27.2 Å². The maximum Gasteiger partial charge on any atom is 0.387 e. The fourth-order valence-corrected chi connectivity index (χ4v) is 2.62. The molecule has 0 saturated heterocycles. The predicted molar refractivity (Wildman–Crippen MR) is 97.6 cm³/mol. The fraction of sp³-hybridized carbons (Fsp3) is 0.250. The molecule has 0 atom stereocenters. The van der Waals surface area contributed by atoms with Crippen molar-refractivity contribution in [3.8, 4) is 17.1 Å². The molecule has 1 aromatic heterocycles. The fourth-order valence-electron chi connectivity index (χ4n) is 2.62. The Morgan fingerprint density at radius 2 is 1.83 bits per heavy atom. The van der Waals surface area contributed by atoms with E-state index >= 15 is 0 Å². The van der Waals surface area contributed by atoms with Crippen molar-refractivity contribution in [1.29, 1.82) is 0 Å². The molecule has 3 aromatic rings. The van der Waals surface area contributed by atoms with Crippen LogP contribution < -0.4 is 4.74 Å². The van der Waals surface area contributed by atoms with Crippen molar-refractivity contribution in [2.45, 2.75) is 26.0 Å². The average Bonchev–Trinajstić information content (AvgIpc) is 3.16. The van der Waals surface area contributed by atoms with Gasteiger partial charge >= 0.3 is 6.61 Å². The van der Waals surface area contributed by atoms with Gasteiger partial charge in [-0.3, -0.25) is 4.79 Å². The monoisotopic (exact) mass is 405 g/mol. The van der Waals surface area contributed by atoms with Crippen molar-refractivity contribution in [3.63, 3.8) is 0 Å². The number of carbonyl (C=O) groups excluding carboxylic acids is 1. The lowest BCUT2D eigenvalue weighted by Gasteiger charge is -2.17. The van der Waals surface area contributed by atoms with Crippen LogP contribution in [0.3, 0.4) is 0 Å². The van der Waals surface area contributed by atoms with E-state index < -0.39 is 6.61 Å². The first-order valence-electron chi connectivity index (χ1n) is 8.77. The molecule has 0 aliphatic carbocycles. The number of aromatic nitrogens is 2. The third-order valence-corrected chi connectivity index (χ3v) is 4.12. The lowest BCUT2D eigenvalue weighted by Crippen LogP contribution is -2.26. The van der Waals surface area contributed by atoms with Crippen LogP contribution in [0.2, 0.25) is 0 Å². The second-order valence-electron chi connectivity index (χ2n) is 6.29. The minimum atomic E-state index is -2.88. The molecule has 1 amide bonds. The van der Waals surface area contributed by atoms with Crippen molar-refractivity contribution in [3.05, 3.63) is 65.8 Å². The second kappa shape index (κ2) is 9.22. The Bertz CT molecular complexity index is 944. The minimum absolute atomic E-state index is 0.0612. The van der Waals surface area contributed by atoms with Crippen molar-refractivity contribution in [2.24, 2.45) is 0 Å². The lowest BCUT2D eigenvalue weighted by atomic mass is 10.2. The molecule has 152 valence electrons. The highest BCUT2D eigenvalue weighted by molar-refractivity contribution is 5.76. The Morgan fingerprint density at radius 3 is 2.48 bits per heavy atom. The summed E-state index contributed by atoms with van der Waals surface area (Å²) < 4.78 is 46.7. The zero-order chi connectivity index (χ0) is 20.8. The summed E-state index contributed by atoms with van der Waals surface area (Å²) in [7, 11) is 1.64. The number of hydrogen-bond donors (Lipinski definition) is 0. The van der Waals surface area contributed by atoms with Crippen molar-refractivity contribution in [1.82, 2.24) is 15.0 Å². The van der Waals surface area contributed by atoms with E-state index in [1.807, 2.05) is 0 Å². The normalized spacial score (nSPS) is 10.9. The molecule has 3 rings (SSSR count). The molecule has 0 saturated carbocycles. The highest BCUT2D eigenvalue weighted by Crippen LogP contribution is 2.18. The Kier molecular flexibility index (Phi) is 6.48. The zero-order valence-electron chi connectivity index (χ0n) is 15.5. The standard InChI is InChI=1S/C20H18F3N3O3/c1-26(12-13-2-8-16(9-3-13)28-20(22)23)18(27)11-10-17-24-19(25-29-17)14-4-6-15(21)7-5-14/h2-9,20H,10-12H2,1H3. The maximum atomic E-state index is 13.0. The minimum Gasteiger partial charge on any atom is -0.435 e. The Balaban J connectivity index is 1.50. The molecule has 0 N–H and O–H groups in total. The van der Waals surface area contributed by atoms with Crippen molar-refractivity contribution in [2.75, 3.05) is 7.05 Å². The first-order chi connectivity index (χ1) is 13.9. The number of nitrogens with zero attached hydrogens (tertiary/aromatic N) is 3. The highest BCUT2D eigenvalue weighted by Gasteiger charge is 2.14. The summed E-state index contributed by atoms with van der Waals surface area (Å²) >= 11 is 0. The lowest BCUT2D eigenvalue weighted by molar-refractivity contribution is -0.130. The first kappa shape index (κ1) is 20.4. The molecule has 0 fully saturated rings. The topological polar surface area (TPSA) is 68.5 Å². The van der Waals surface area contributed by atoms with E-state index in [2.05, 4.69) is 14.9 Å². The molecule has 0 spiro atoms. The average molecular weight is 405 g/mol. The summed E-state index contributed by atoms with van der Waals surface area (Å²) in [5.74, 6) is 0.194. The number of ether oxygens (including phenoxy) is 1. The molecule has 9 heteroatoms. The Morgan fingerprint density at radius 1 is 1.14 bits per heavy atom. The molecule has 0 aliphatic heterocycles. The van der Waals surface area contributed by atoms with Crippen LogP contribution in [0.4, 0.5) is 13.2 Å². The number of carbonyl (C=O) groups is 1. The molecule has 0 radical (unpaired) electrons. The van der Waals surface area contributed by atoms with Gasteiger partial charge in [0.2, 0.25) is 17.6 Å². The third kappa shape index (κ3) is 5.81. The van der Waals surface area contributed by atoms with Gasteiger partial charge in [-0.2, -0.15) is 13.8 Å². The van der Waals surface area contributed by atoms with Gasteiger partial charge in [-0.1, -0.05) is 17.3 Å². The third-order valence-electron chi connectivity index (χ3n) is 4.12. The van der Waals surface area contributed by atoms with Gasteiger partial charge in [0.15, 0.2) is 0 Å². The van der Waals surface area contributed by atoms with E-state index in [0.29, 0.717) is 23.8 Å². The van der Waals surface area contributed by atoms with Crippen LogP contribution in [0.15, 0.2) is 53.1 Å². The summed E-state index contributed by atoms with van der Waals surface area (Å²) in [6, 6.07) is 11.8. The van der Waals surface area contributed by atoms with Gasteiger partial charge in [0.1, 0.15) is 11.6 Å². The van der Waals surface area contributed by atoms with Crippen LogP contribution in [-0.4, -0.2) is 34.6 Å². The smallest absolute Gasteiger partial charge is 0.387 e. The number of hydrogen-bond acceptors (Lipinski definition) is 5. The van der Waals surface area contributed by atoms with E-state index in [1.54, 1.807) is 31.3 Å². The van der Waals surface area contributed by atoms with Crippen LogP contribution in [0.1, 0.15) is 17.9 Å². The van der Waals surface area contributed by atoms with Gasteiger partial charge in [-0.25, -0.2) is 4.39 Å². The molecule has 0 bridgehead atoms. The van der Waals surface area contributed by atoms with Crippen LogP contribution in [-0.2, 0) is 17.8 Å². The highest BCUT2D eigenvalue weighted by atomic mass is 19.3. The van der Waals surface area contributed by atoms with Gasteiger partial charge in [0, 0.05) is 32.0 Å². The van der Waals surface area contributed by atoms with Crippen LogP contribution >= 0.6 is 0 Å². The van der Waals surface area contributed by atoms with Crippen LogP contribution in [0, 0.1) is 5.82 Å². The molecule has 1 heterocycles. The second-order valence-corrected chi connectivity index (χ2v) is 6.29. The SMILES string of the molecule is CN(Cc1ccc(OC(F)F)cc1)C(=O)CCc1nc(-c2ccc(F)cc2)no1. The molecule has 2 aromatic carbocycles. The summed E-state index contributed by atoms with van der Waals surface area (Å²) in [6.07, 6.45) is 0.423. The summed E-state index contributed by atoms with van der Waals surface area (Å²) in [5.41, 5.74) is 1.39. The zero-order valence-corrected chi connectivity index (χ0v) is 15.5. The molecule has 29 heavy (non-hydrogen) atoms. The van der Waals surface area contributed by atoms with Crippen molar-refractivity contribution >= 4 is 5.91 Å². The summed E-state index contributed by atoms with van der Waals surface area (Å²) in [6.45, 7) is -2.56. The van der Waals surface area contributed by atoms with Gasteiger partial charge in [0.05, 0.1) is 0 Å². The van der Waals surface area contributed by atoms with E-state index in [1.165, 1.54) is 29.2 Å². The summed E-state index contributed by atoms with van der Waals surface area (Å²) in [4.78, 5) is 18.0. The van der Waals surface area contributed by atoms with E-state index in [4.69, 9.17) is 4.52 Å².